The summed E-state index contributed by atoms with van der Waals surface area (Å²) in [7, 11) is 1.64. The summed E-state index contributed by atoms with van der Waals surface area (Å²) in [4.78, 5) is 10.8. The Hall–Kier alpha value is -1.75. The van der Waals surface area contributed by atoms with Crippen molar-refractivity contribution in [2.45, 2.75) is 0 Å². The van der Waals surface area contributed by atoms with Gasteiger partial charge in [0.1, 0.15) is 12.4 Å². The van der Waals surface area contributed by atoms with Crippen LogP contribution in [0.15, 0.2) is 24.3 Å². The molecule has 1 aromatic rings. The zero-order valence-electron chi connectivity index (χ0n) is 17.0. The molecule has 9 nitrogen and oxygen atoms in total. The maximum atomic E-state index is 10.8. The fourth-order valence-corrected chi connectivity index (χ4v) is 2.04. The number of hydrogen-bond donors (Lipinski definition) is 1. The molecule has 1 aromatic carbocycles. The molecular formula is C20H32O9. The van der Waals surface area contributed by atoms with E-state index >= 15 is 0 Å². The van der Waals surface area contributed by atoms with E-state index in [0.717, 1.165) is 0 Å². The second kappa shape index (κ2) is 18.3. The van der Waals surface area contributed by atoms with Crippen molar-refractivity contribution in [3.63, 3.8) is 0 Å². The number of aromatic carboxylic acids is 1. The molecule has 0 spiro atoms. The van der Waals surface area contributed by atoms with Gasteiger partial charge in [-0.05, 0) is 24.3 Å². The molecule has 0 radical (unpaired) electrons. The van der Waals surface area contributed by atoms with Gasteiger partial charge in [-0.2, -0.15) is 0 Å². The number of rotatable bonds is 20. The Balaban J connectivity index is 1.77. The lowest BCUT2D eigenvalue weighted by molar-refractivity contribution is -0.0159. The molecule has 0 saturated carbocycles. The van der Waals surface area contributed by atoms with Crippen molar-refractivity contribution >= 4 is 5.97 Å². The molecule has 0 fully saturated rings. The minimum atomic E-state index is -0.960. The van der Waals surface area contributed by atoms with E-state index in [1.807, 2.05) is 0 Å². The van der Waals surface area contributed by atoms with Gasteiger partial charge in [0.05, 0.1) is 78.2 Å². The maximum absolute atomic E-state index is 10.8. The molecule has 0 heterocycles. The number of carboxylic acids is 1. The zero-order chi connectivity index (χ0) is 21.0. The molecule has 0 aliphatic rings. The first-order chi connectivity index (χ1) is 14.2. The van der Waals surface area contributed by atoms with Crippen molar-refractivity contribution in [3.8, 4) is 5.75 Å². The third-order valence-corrected chi connectivity index (χ3v) is 3.52. The van der Waals surface area contributed by atoms with E-state index in [9.17, 15) is 4.79 Å². The van der Waals surface area contributed by atoms with Crippen LogP contribution >= 0.6 is 0 Å². The van der Waals surface area contributed by atoms with E-state index < -0.39 is 5.97 Å². The van der Waals surface area contributed by atoms with Crippen LogP contribution in [0.25, 0.3) is 0 Å². The molecule has 0 bridgehead atoms. The van der Waals surface area contributed by atoms with E-state index in [4.69, 9.17) is 38.3 Å². The first-order valence-corrected chi connectivity index (χ1v) is 9.58. The van der Waals surface area contributed by atoms with E-state index in [-0.39, 0.29) is 5.56 Å². The molecule has 0 saturated heterocycles. The molecule has 0 aromatic heterocycles. The Labute approximate surface area is 171 Å². The zero-order valence-corrected chi connectivity index (χ0v) is 17.0. The molecule has 0 atom stereocenters. The average molecular weight is 416 g/mol. The second-order valence-corrected chi connectivity index (χ2v) is 5.73. The average Bonchev–Trinajstić information content (AvgIpc) is 2.73. The first kappa shape index (κ1) is 25.3. The Morgan fingerprint density at radius 1 is 0.655 bits per heavy atom. The maximum Gasteiger partial charge on any atom is 0.335 e. The number of carbonyl (C=O) groups is 1. The predicted molar refractivity (Wildman–Crippen MR) is 105 cm³/mol. The molecule has 0 aliphatic carbocycles. The molecule has 1 N–H and O–H groups in total. The SMILES string of the molecule is COCCOCCOCCOCCOCCOCCOc1ccc(C(=O)O)cc1. The van der Waals surface area contributed by atoms with Gasteiger partial charge >= 0.3 is 5.97 Å². The molecule has 0 unspecified atom stereocenters. The standard InChI is InChI=1S/C20H32O9/c1-23-6-7-24-8-9-25-10-11-26-12-13-27-14-15-28-16-17-29-19-4-2-18(3-5-19)20(21)22/h2-5H,6-17H2,1H3,(H,21,22). The van der Waals surface area contributed by atoms with Crippen LogP contribution in [0.4, 0.5) is 0 Å². The van der Waals surface area contributed by atoms with Gasteiger partial charge < -0.3 is 38.3 Å². The van der Waals surface area contributed by atoms with Crippen molar-refractivity contribution < 1.29 is 43.1 Å². The minimum absolute atomic E-state index is 0.227. The quantitative estimate of drug-likeness (QED) is 0.317. The van der Waals surface area contributed by atoms with E-state index in [0.29, 0.717) is 85.0 Å². The van der Waals surface area contributed by atoms with Gasteiger partial charge in [0.2, 0.25) is 0 Å². The van der Waals surface area contributed by atoms with Crippen molar-refractivity contribution in [1.82, 2.24) is 0 Å². The Bertz CT molecular complexity index is 507. The van der Waals surface area contributed by atoms with Crippen molar-refractivity contribution in [2.75, 3.05) is 86.4 Å². The van der Waals surface area contributed by atoms with Crippen molar-refractivity contribution in [1.29, 1.82) is 0 Å². The second-order valence-electron chi connectivity index (χ2n) is 5.73. The Morgan fingerprint density at radius 2 is 1.03 bits per heavy atom. The third-order valence-electron chi connectivity index (χ3n) is 3.52. The third kappa shape index (κ3) is 14.8. The molecular weight excluding hydrogens is 384 g/mol. The summed E-state index contributed by atoms with van der Waals surface area (Å²) in [6.07, 6.45) is 0. The highest BCUT2D eigenvalue weighted by Crippen LogP contribution is 2.11. The van der Waals surface area contributed by atoms with Crippen LogP contribution in [0, 0.1) is 0 Å². The predicted octanol–water partition coefficient (Wildman–Crippen LogP) is 1.49. The highest BCUT2D eigenvalue weighted by molar-refractivity contribution is 5.87. The summed E-state index contributed by atoms with van der Waals surface area (Å²) in [5.74, 6) is -0.354. The van der Waals surface area contributed by atoms with Gasteiger partial charge in [-0.15, -0.1) is 0 Å². The number of methoxy groups -OCH3 is 1. The van der Waals surface area contributed by atoms with Crippen molar-refractivity contribution in [3.05, 3.63) is 29.8 Å². The molecule has 9 heteroatoms. The lowest BCUT2D eigenvalue weighted by atomic mass is 10.2. The fourth-order valence-electron chi connectivity index (χ4n) is 2.04. The van der Waals surface area contributed by atoms with Crippen LogP contribution in [-0.4, -0.2) is 97.5 Å². The van der Waals surface area contributed by atoms with Crippen LogP contribution in [0.1, 0.15) is 10.4 Å². The van der Waals surface area contributed by atoms with Crippen LogP contribution in [0.3, 0.4) is 0 Å². The topological polar surface area (TPSA) is 102 Å². The van der Waals surface area contributed by atoms with Gasteiger partial charge in [-0.1, -0.05) is 0 Å². The normalized spacial score (nSPS) is 10.9. The van der Waals surface area contributed by atoms with Gasteiger partial charge in [-0.3, -0.25) is 0 Å². The van der Waals surface area contributed by atoms with Gasteiger partial charge in [-0.25, -0.2) is 4.79 Å². The van der Waals surface area contributed by atoms with Crippen LogP contribution in [0.5, 0.6) is 5.75 Å². The van der Waals surface area contributed by atoms with E-state index in [1.54, 1.807) is 19.2 Å². The summed E-state index contributed by atoms with van der Waals surface area (Å²) in [6, 6.07) is 6.24. The van der Waals surface area contributed by atoms with E-state index in [2.05, 4.69) is 0 Å². The minimum Gasteiger partial charge on any atom is -0.491 e. The van der Waals surface area contributed by atoms with Gasteiger partial charge in [0, 0.05) is 7.11 Å². The van der Waals surface area contributed by atoms with Crippen LogP contribution in [-0.2, 0) is 28.4 Å². The monoisotopic (exact) mass is 416 g/mol. The number of carboxylic acid groups (broad SMARTS) is 1. The van der Waals surface area contributed by atoms with Gasteiger partial charge in [0.15, 0.2) is 0 Å². The number of hydrogen-bond acceptors (Lipinski definition) is 8. The lowest BCUT2D eigenvalue weighted by Gasteiger charge is -2.09. The van der Waals surface area contributed by atoms with Crippen LogP contribution in [0.2, 0.25) is 0 Å². The highest BCUT2D eigenvalue weighted by Gasteiger charge is 2.02. The molecule has 166 valence electrons. The van der Waals surface area contributed by atoms with E-state index in [1.165, 1.54) is 12.1 Å². The summed E-state index contributed by atoms with van der Waals surface area (Å²) < 4.78 is 37.1. The van der Waals surface area contributed by atoms with Crippen molar-refractivity contribution in [2.24, 2.45) is 0 Å². The summed E-state index contributed by atoms with van der Waals surface area (Å²) in [6.45, 7) is 6.04. The smallest absolute Gasteiger partial charge is 0.335 e. The molecule has 0 aliphatic heterocycles. The summed E-state index contributed by atoms with van der Waals surface area (Å²) >= 11 is 0. The Morgan fingerprint density at radius 3 is 1.41 bits per heavy atom. The molecule has 29 heavy (non-hydrogen) atoms. The highest BCUT2D eigenvalue weighted by atomic mass is 16.6. The first-order valence-electron chi connectivity index (χ1n) is 9.58. The number of ether oxygens (including phenoxy) is 7. The van der Waals surface area contributed by atoms with Crippen LogP contribution < -0.4 is 4.74 Å². The largest absolute Gasteiger partial charge is 0.491 e. The molecule has 0 amide bonds. The van der Waals surface area contributed by atoms with Gasteiger partial charge in [0.25, 0.3) is 0 Å². The summed E-state index contributed by atoms with van der Waals surface area (Å²) in [5, 5.41) is 8.82. The molecule has 1 rings (SSSR count). The number of benzene rings is 1. The fraction of sp³-hybridized carbons (Fsp3) is 0.650. The summed E-state index contributed by atoms with van der Waals surface area (Å²) in [5.41, 5.74) is 0.227. The Kier molecular flexibility index (Phi) is 15.9. The lowest BCUT2D eigenvalue weighted by Crippen LogP contribution is -2.14.